The van der Waals surface area contributed by atoms with E-state index in [4.69, 9.17) is 9.15 Å². The lowest BCUT2D eigenvalue weighted by Gasteiger charge is -2.11. The number of hydrogen-bond acceptors (Lipinski definition) is 3. The minimum absolute atomic E-state index is 0.138. The summed E-state index contributed by atoms with van der Waals surface area (Å²) in [6.07, 6.45) is 0.825. The van der Waals surface area contributed by atoms with Crippen molar-refractivity contribution in [3.05, 3.63) is 63.2 Å². The summed E-state index contributed by atoms with van der Waals surface area (Å²) in [5, 5.41) is 0.522. The Kier molecular flexibility index (Phi) is 4.29. The average molecular weight is 359 g/mol. The molecule has 0 unspecified atom stereocenters. The first-order chi connectivity index (χ1) is 10.7. The van der Waals surface area contributed by atoms with Gasteiger partial charge in [-0.05, 0) is 24.6 Å². The standard InChI is InChI=1S/C18H15BrO3/c1-2-10-21-18-16(20)14-9-8-13(19)11-15(14)22-17(18)12-6-4-3-5-7-12/h3-9,11H,2,10H2,1H3. The minimum atomic E-state index is -0.138. The normalized spacial score (nSPS) is 10.8. The fourth-order valence-electron chi connectivity index (χ4n) is 2.26. The van der Waals surface area contributed by atoms with Crippen LogP contribution in [0.15, 0.2) is 62.2 Å². The van der Waals surface area contributed by atoms with Crippen molar-refractivity contribution in [2.75, 3.05) is 6.61 Å². The van der Waals surface area contributed by atoms with Crippen molar-refractivity contribution < 1.29 is 9.15 Å². The topological polar surface area (TPSA) is 39.4 Å². The third kappa shape index (κ3) is 2.79. The van der Waals surface area contributed by atoms with E-state index in [-0.39, 0.29) is 11.2 Å². The lowest BCUT2D eigenvalue weighted by molar-refractivity contribution is 0.309. The Balaban J connectivity index is 2.30. The molecule has 0 N–H and O–H groups in total. The Morgan fingerprint density at radius 3 is 2.64 bits per heavy atom. The fraction of sp³-hybridized carbons (Fsp3) is 0.167. The van der Waals surface area contributed by atoms with Gasteiger partial charge in [0.25, 0.3) is 0 Å². The Hall–Kier alpha value is -2.07. The highest BCUT2D eigenvalue weighted by atomic mass is 79.9. The maximum atomic E-state index is 12.7. The summed E-state index contributed by atoms with van der Waals surface area (Å²) in [5.41, 5.74) is 1.23. The van der Waals surface area contributed by atoms with E-state index in [0.717, 1.165) is 16.5 Å². The van der Waals surface area contributed by atoms with Crippen LogP contribution in [0.1, 0.15) is 13.3 Å². The molecule has 0 aliphatic heterocycles. The second-order valence-corrected chi connectivity index (χ2v) is 5.86. The predicted molar refractivity (Wildman–Crippen MR) is 91.4 cm³/mol. The molecule has 0 aliphatic carbocycles. The quantitative estimate of drug-likeness (QED) is 0.657. The van der Waals surface area contributed by atoms with Crippen molar-refractivity contribution >= 4 is 26.9 Å². The molecule has 3 aromatic rings. The van der Waals surface area contributed by atoms with E-state index >= 15 is 0 Å². The van der Waals surface area contributed by atoms with Gasteiger partial charge in [-0.15, -0.1) is 0 Å². The molecular weight excluding hydrogens is 344 g/mol. The highest BCUT2D eigenvalue weighted by molar-refractivity contribution is 9.10. The third-order valence-corrected chi connectivity index (χ3v) is 3.79. The lowest BCUT2D eigenvalue weighted by atomic mass is 10.1. The average Bonchev–Trinajstić information content (AvgIpc) is 2.54. The maximum Gasteiger partial charge on any atom is 0.235 e. The first-order valence-corrected chi connectivity index (χ1v) is 7.94. The zero-order chi connectivity index (χ0) is 15.5. The molecule has 0 fully saturated rings. The van der Waals surface area contributed by atoms with E-state index in [1.807, 2.05) is 43.3 Å². The second kappa shape index (κ2) is 6.36. The predicted octanol–water partition coefficient (Wildman–Crippen LogP) is 5.01. The van der Waals surface area contributed by atoms with Crippen molar-refractivity contribution in [1.82, 2.24) is 0 Å². The van der Waals surface area contributed by atoms with E-state index in [2.05, 4.69) is 15.9 Å². The molecule has 1 heterocycles. The van der Waals surface area contributed by atoms with Gasteiger partial charge in [0, 0.05) is 10.0 Å². The first kappa shape index (κ1) is 14.9. The summed E-state index contributed by atoms with van der Waals surface area (Å²) in [5.74, 6) is 0.757. The van der Waals surface area contributed by atoms with E-state index in [0.29, 0.717) is 23.3 Å². The van der Waals surface area contributed by atoms with Crippen LogP contribution < -0.4 is 10.2 Å². The Labute approximate surface area is 136 Å². The zero-order valence-corrected chi connectivity index (χ0v) is 13.7. The zero-order valence-electron chi connectivity index (χ0n) is 12.1. The molecule has 1 aromatic heterocycles. The van der Waals surface area contributed by atoms with Crippen LogP contribution in [0.4, 0.5) is 0 Å². The highest BCUT2D eigenvalue weighted by Gasteiger charge is 2.17. The van der Waals surface area contributed by atoms with Gasteiger partial charge >= 0.3 is 0 Å². The monoisotopic (exact) mass is 358 g/mol. The molecule has 0 spiro atoms. The van der Waals surface area contributed by atoms with Crippen LogP contribution in [0.25, 0.3) is 22.3 Å². The molecule has 22 heavy (non-hydrogen) atoms. The molecule has 0 amide bonds. The molecule has 3 rings (SSSR count). The van der Waals surface area contributed by atoms with Crippen molar-refractivity contribution in [3.8, 4) is 17.1 Å². The van der Waals surface area contributed by atoms with Gasteiger partial charge in [-0.1, -0.05) is 53.2 Å². The van der Waals surface area contributed by atoms with E-state index < -0.39 is 0 Å². The van der Waals surface area contributed by atoms with Crippen LogP contribution in [-0.2, 0) is 0 Å². The molecule has 0 saturated carbocycles. The summed E-state index contributed by atoms with van der Waals surface area (Å²) in [6, 6.07) is 14.9. The van der Waals surface area contributed by atoms with E-state index in [9.17, 15) is 4.79 Å². The summed E-state index contributed by atoms with van der Waals surface area (Å²) in [4.78, 5) is 12.7. The van der Waals surface area contributed by atoms with Gasteiger partial charge in [0.05, 0.1) is 12.0 Å². The highest BCUT2D eigenvalue weighted by Crippen LogP contribution is 2.31. The number of benzene rings is 2. The minimum Gasteiger partial charge on any atom is -0.486 e. The molecule has 0 saturated heterocycles. The van der Waals surface area contributed by atoms with Crippen LogP contribution in [-0.4, -0.2) is 6.61 Å². The van der Waals surface area contributed by atoms with Crippen molar-refractivity contribution in [2.24, 2.45) is 0 Å². The lowest BCUT2D eigenvalue weighted by Crippen LogP contribution is -2.10. The van der Waals surface area contributed by atoms with Gasteiger partial charge in [-0.3, -0.25) is 4.79 Å². The van der Waals surface area contributed by atoms with Gasteiger partial charge in [0.15, 0.2) is 5.76 Å². The van der Waals surface area contributed by atoms with Crippen molar-refractivity contribution in [3.63, 3.8) is 0 Å². The largest absolute Gasteiger partial charge is 0.486 e. The van der Waals surface area contributed by atoms with E-state index in [1.54, 1.807) is 12.1 Å². The summed E-state index contributed by atoms with van der Waals surface area (Å²) in [7, 11) is 0. The Morgan fingerprint density at radius 1 is 1.14 bits per heavy atom. The van der Waals surface area contributed by atoms with Gasteiger partial charge in [-0.2, -0.15) is 0 Å². The number of fused-ring (bicyclic) bond motifs is 1. The number of halogens is 1. The SMILES string of the molecule is CCCOc1c(-c2ccccc2)oc2cc(Br)ccc2c1=O. The van der Waals surface area contributed by atoms with Gasteiger partial charge in [0.1, 0.15) is 5.58 Å². The number of hydrogen-bond donors (Lipinski definition) is 0. The Morgan fingerprint density at radius 2 is 1.91 bits per heavy atom. The van der Waals surface area contributed by atoms with Crippen LogP contribution in [0.3, 0.4) is 0 Å². The van der Waals surface area contributed by atoms with Crippen molar-refractivity contribution in [2.45, 2.75) is 13.3 Å². The van der Waals surface area contributed by atoms with Crippen LogP contribution in [0.5, 0.6) is 5.75 Å². The van der Waals surface area contributed by atoms with E-state index in [1.165, 1.54) is 0 Å². The molecule has 2 aromatic carbocycles. The molecule has 112 valence electrons. The molecule has 3 nitrogen and oxygen atoms in total. The third-order valence-electron chi connectivity index (χ3n) is 3.30. The first-order valence-electron chi connectivity index (χ1n) is 7.15. The van der Waals surface area contributed by atoms with Crippen LogP contribution >= 0.6 is 15.9 Å². The molecule has 0 aliphatic rings. The molecule has 0 atom stereocenters. The van der Waals surface area contributed by atoms with Crippen molar-refractivity contribution in [1.29, 1.82) is 0 Å². The van der Waals surface area contributed by atoms with Crippen LogP contribution in [0, 0.1) is 0 Å². The van der Waals surface area contributed by atoms with Crippen LogP contribution in [0.2, 0.25) is 0 Å². The summed E-state index contributed by atoms with van der Waals surface area (Å²) < 4.78 is 12.5. The smallest absolute Gasteiger partial charge is 0.235 e. The Bertz CT molecular complexity index is 853. The number of rotatable bonds is 4. The molecule has 0 bridgehead atoms. The maximum absolute atomic E-state index is 12.7. The van der Waals surface area contributed by atoms with Gasteiger partial charge in [-0.25, -0.2) is 0 Å². The molecular formula is C18H15BrO3. The molecule has 0 radical (unpaired) electrons. The van der Waals surface area contributed by atoms with Gasteiger partial charge < -0.3 is 9.15 Å². The summed E-state index contributed by atoms with van der Waals surface area (Å²) in [6.45, 7) is 2.48. The summed E-state index contributed by atoms with van der Waals surface area (Å²) >= 11 is 3.40. The number of ether oxygens (including phenoxy) is 1. The van der Waals surface area contributed by atoms with Gasteiger partial charge in [0.2, 0.25) is 11.2 Å². The second-order valence-electron chi connectivity index (χ2n) is 4.94. The molecule has 4 heteroatoms. The fourth-order valence-corrected chi connectivity index (χ4v) is 2.60.